The fraction of sp³-hybridized carbons (Fsp3) is 0.294. The SMILES string of the molecule is COc1cccc(CC(Br)c2cc(Br)c(C)cc2OC)c1. The molecule has 0 bridgehead atoms. The van der Waals surface area contributed by atoms with Gasteiger partial charge in [0.05, 0.1) is 14.2 Å². The summed E-state index contributed by atoms with van der Waals surface area (Å²) < 4.78 is 11.9. The van der Waals surface area contributed by atoms with Crippen LogP contribution in [-0.4, -0.2) is 14.2 Å². The third kappa shape index (κ3) is 4.01. The minimum absolute atomic E-state index is 0.177. The van der Waals surface area contributed by atoms with Crippen LogP contribution in [0.25, 0.3) is 0 Å². The summed E-state index contributed by atoms with van der Waals surface area (Å²) in [4.78, 5) is 0.177. The van der Waals surface area contributed by atoms with Gasteiger partial charge in [-0.25, -0.2) is 0 Å². The van der Waals surface area contributed by atoms with Crippen LogP contribution in [0.5, 0.6) is 11.5 Å². The number of rotatable bonds is 5. The molecular weight excluding hydrogens is 396 g/mol. The van der Waals surface area contributed by atoms with Gasteiger partial charge in [0.15, 0.2) is 0 Å². The first-order valence-electron chi connectivity index (χ1n) is 6.66. The molecule has 0 fully saturated rings. The molecule has 2 aromatic carbocycles. The Bertz CT molecular complexity index is 626. The van der Waals surface area contributed by atoms with Crippen molar-refractivity contribution in [1.82, 2.24) is 0 Å². The molecule has 1 atom stereocenters. The quantitative estimate of drug-likeness (QED) is 0.606. The molecule has 2 aromatic rings. The minimum Gasteiger partial charge on any atom is -0.497 e. The highest BCUT2D eigenvalue weighted by Gasteiger charge is 2.16. The van der Waals surface area contributed by atoms with Gasteiger partial charge in [-0.1, -0.05) is 44.0 Å². The molecule has 0 aromatic heterocycles. The summed E-state index contributed by atoms with van der Waals surface area (Å²) in [6.45, 7) is 2.06. The van der Waals surface area contributed by atoms with E-state index in [1.807, 2.05) is 12.1 Å². The van der Waals surface area contributed by atoms with E-state index in [1.165, 1.54) is 5.56 Å². The monoisotopic (exact) mass is 412 g/mol. The van der Waals surface area contributed by atoms with Gasteiger partial charge in [-0.05, 0) is 48.7 Å². The summed E-state index contributed by atoms with van der Waals surface area (Å²) >= 11 is 7.37. The first-order chi connectivity index (χ1) is 10.0. The van der Waals surface area contributed by atoms with Gasteiger partial charge in [-0.3, -0.25) is 0 Å². The number of methoxy groups -OCH3 is 2. The van der Waals surface area contributed by atoms with Crippen LogP contribution in [0.4, 0.5) is 0 Å². The number of ether oxygens (including phenoxy) is 2. The van der Waals surface area contributed by atoms with Crippen molar-refractivity contribution < 1.29 is 9.47 Å². The molecule has 0 heterocycles. The van der Waals surface area contributed by atoms with Crippen LogP contribution in [0.3, 0.4) is 0 Å². The Morgan fingerprint density at radius 2 is 1.86 bits per heavy atom. The van der Waals surface area contributed by atoms with Crippen LogP contribution < -0.4 is 9.47 Å². The molecule has 4 heteroatoms. The molecule has 0 saturated carbocycles. The van der Waals surface area contributed by atoms with Crippen LogP contribution in [0.1, 0.15) is 21.5 Å². The topological polar surface area (TPSA) is 18.5 Å². The van der Waals surface area contributed by atoms with E-state index in [9.17, 15) is 0 Å². The molecule has 0 radical (unpaired) electrons. The number of aryl methyl sites for hydroxylation is 1. The Kier molecular flexibility index (Phi) is 5.71. The summed E-state index contributed by atoms with van der Waals surface area (Å²) in [5, 5.41) is 0. The van der Waals surface area contributed by atoms with E-state index < -0.39 is 0 Å². The van der Waals surface area contributed by atoms with Crippen LogP contribution in [0, 0.1) is 6.92 Å². The lowest BCUT2D eigenvalue weighted by Gasteiger charge is -2.16. The maximum Gasteiger partial charge on any atom is 0.123 e. The third-order valence-corrected chi connectivity index (χ3v) is 5.07. The highest BCUT2D eigenvalue weighted by Crippen LogP contribution is 2.37. The summed E-state index contributed by atoms with van der Waals surface area (Å²) in [7, 11) is 3.39. The Morgan fingerprint density at radius 1 is 1.10 bits per heavy atom. The number of alkyl halides is 1. The van der Waals surface area contributed by atoms with Crippen molar-refractivity contribution in [1.29, 1.82) is 0 Å². The van der Waals surface area contributed by atoms with Gasteiger partial charge < -0.3 is 9.47 Å². The number of halogens is 2. The maximum atomic E-state index is 5.51. The van der Waals surface area contributed by atoms with Gasteiger partial charge in [-0.15, -0.1) is 0 Å². The van der Waals surface area contributed by atoms with Crippen molar-refractivity contribution in [2.75, 3.05) is 14.2 Å². The fourth-order valence-electron chi connectivity index (χ4n) is 2.21. The minimum atomic E-state index is 0.177. The Morgan fingerprint density at radius 3 is 2.52 bits per heavy atom. The standard InChI is InChI=1S/C17H18Br2O2/c1-11-7-17(21-3)14(10-15(11)18)16(19)9-12-5-4-6-13(8-12)20-2/h4-8,10,16H,9H2,1-3H3. The highest BCUT2D eigenvalue weighted by atomic mass is 79.9. The van der Waals surface area contributed by atoms with Crippen molar-refractivity contribution in [3.63, 3.8) is 0 Å². The summed E-state index contributed by atoms with van der Waals surface area (Å²) in [6, 6.07) is 12.3. The molecule has 0 saturated heterocycles. The molecule has 112 valence electrons. The molecule has 0 aliphatic heterocycles. The molecule has 0 aliphatic carbocycles. The first-order valence-corrected chi connectivity index (χ1v) is 8.37. The van der Waals surface area contributed by atoms with E-state index in [1.54, 1.807) is 14.2 Å². The zero-order valence-corrected chi connectivity index (χ0v) is 15.5. The number of benzene rings is 2. The molecule has 1 unspecified atom stereocenters. The molecule has 0 N–H and O–H groups in total. The zero-order valence-electron chi connectivity index (χ0n) is 12.3. The molecule has 2 nitrogen and oxygen atoms in total. The van der Waals surface area contributed by atoms with Crippen molar-refractivity contribution in [2.24, 2.45) is 0 Å². The molecule has 2 rings (SSSR count). The van der Waals surface area contributed by atoms with Gasteiger partial charge >= 0.3 is 0 Å². The van der Waals surface area contributed by atoms with Gasteiger partial charge in [-0.2, -0.15) is 0 Å². The Labute approximate surface area is 142 Å². The van der Waals surface area contributed by atoms with Crippen LogP contribution in [0.2, 0.25) is 0 Å². The predicted molar refractivity (Wildman–Crippen MR) is 93.8 cm³/mol. The highest BCUT2D eigenvalue weighted by molar-refractivity contribution is 9.10. The average Bonchev–Trinajstić information content (AvgIpc) is 2.49. The second kappa shape index (κ2) is 7.32. The fourth-order valence-corrected chi connectivity index (χ4v) is 3.30. The lowest BCUT2D eigenvalue weighted by atomic mass is 10.0. The summed E-state index contributed by atoms with van der Waals surface area (Å²) in [5.41, 5.74) is 3.52. The number of hydrogen-bond acceptors (Lipinski definition) is 2. The van der Waals surface area contributed by atoms with Crippen molar-refractivity contribution in [3.05, 3.63) is 57.6 Å². The second-order valence-corrected chi connectivity index (χ2v) is 6.83. The molecule has 0 aliphatic rings. The Hall–Kier alpha value is -1.00. The Balaban J connectivity index is 2.27. The van der Waals surface area contributed by atoms with Gasteiger partial charge in [0.1, 0.15) is 11.5 Å². The van der Waals surface area contributed by atoms with E-state index >= 15 is 0 Å². The van der Waals surface area contributed by atoms with Crippen molar-refractivity contribution in [3.8, 4) is 11.5 Å². The van der Waals surface area contributed by atoms with Gasteiger partial charge in [0.25, 0.3) is 0 Å². The van der Waals surface area contributed by atoms with Crippen LogP contribution in [-0.2, 0) is 6.42 Å². The predicted octanol–water partition coefficient (Wildman–Crippen LogP) is 5.45. The van der Waals surface area contributed by atoms with Gasteiger partial charge in [0.2, 0.25) is 0 Å². The van der Waals surface area contributed by atoms with E-state index in [0.29, 0.717) is 0 Å². The van der Waals surface area contributed by atoms with Crippen molar-refractivity contribution in [2.45, 2.75) is 18.2 Å². The van der Waals surface area contributed by atoms with E-state index in [-0.39, 0.29) is 4.83 Å². The molecule has 0 amide bonds. The third-order valence-electron chi connectivity index (χ3n) is 3.40. The summed E-state index contributed by atoms with van der Waals surface area (Å²) in [6.07, 6.45) is 0.864. The smallest absolute Gasteiger partial charge is 0.123 e. The normalized spacial score (nSPS) is 12.0. The second-order valence-electron chi connectivity index (χ2n) is 4.87. The molecule has 21 heavy (non-hydrogen) atoms. The van der Waals surface area contributed by atoms with Crippen LogP contribution in [0.15, 0.2) is 40.9 Å². The zero-order chi connectivity index (χ0) is 15.4. The van der Waals surface area contributed by atoms with Crippen molar-refractivity contribution >= 4 is 31.9 Å². The average molecular weight is 414 g/mol. The van der Waals surface area contributed by atoms with E-state index in [0.717, 1.165) is 33.5 Å². The van der Waals surface area contributed by atoms with Crippen LogP contribution >= 0.6 is 31.9 Å². The van der Waals surface area contributed by atoms with E-state index in [4.69, 9.17) is 9.47 Å². The summed E-state index contributed by atoms with van der Waals surface area (Å²) in [5.74, 6) is 1.78. The lowest BCUT2D eigenvalue weighted by Crippen LogP contribution is -2.00. The maximum absolute atomic E-state index is 5.51. The largest absolute Gasteiger partial charge is 0.497 e. The molecular formula is C17H18Br2O2. The first kappa shape index (κ1) is 16.4. The van der Waals surface area contributed by atoms with E-state index in [2.05, 4.69) is 63.0 Å². The lowest BCUT2D eigenvalue weighted by molar-refractivity contribution is 0.408. The van der Waals surface area contributed by atoms with Gasteiger partial charge in [0, 0.05) is 14.9 Å². The molecule has 0 spiro atoms. The number of hydrogen-bond donors (Lipinski definition) is 0.